The number of piperazine rings is 1. The SMILES string of the molecule is CCC1CN(c2ccccc2CCOC)C(C)CN1. The summed E-state index contributed by atoms with van der Waals surface area (Å²) >= 11 is 0. The summed E-state index contributed by atoms with van der Waals surface area (Å²) < 4.78 is 5.23. The Balaban J connectivity index is 2.18. The van der Waals surface area contributed by atoms with Crippen molar-refractivity contribution >= 4 is 5.69 Å². The topological polar surface area (TPSA) is 24.5 Å². The van der Waals surface area contributed by atoms with Gasteiger partial charge in [-0.15, -0.1) is 0 Å². The Bertz CT molecular complexity index is 394. The Kier molecular flexibility index (Phi) is 5.23. The molecule has 19 heavy (non-hydrogen) atoms. The smallest absolute Gasteiger partial charge is 0.0503 e. The molecule has 1 aliphatic heterocycles. The maximum Gasteiger partial charge on any atom is 0.0503 e. The number of nitrogens with one attached hydrogen (secondary N) is 1. The van der Waals surface area contributed by atoms with E-state index in [4.69, 9.17) is 4.74 Å². The average molecular weight is 262 g/mol. The van der Waals surface area contributed by atoms with Crippen LogP contribution in [0.4, 0.5) is 5.69 Å². The van der Waals surface area contributed by atoms with Gasteiger partial charge < -0.3 is 15.0 Å². The van der Waals surface area contributed by atoms with Gasteiger partial charge in [0.25, 0.3) is 0 Å². The van der Waals surface area contributed by atoms with Gasteiger partial charge in [-0.3, -0.25) is 0 Å². The molecule has 0 bridgehead atoms. The number of nitrogens with zero attached hydrogens (tertiary/aromatic N) is 1. The fourth-order valence-electron chi connectivity index (χ4n) is 2.75. The van der Waals surface area contributed by atoms with Gasteiger partial charge in [-0.2, -0.15) is 0 Å². The van der Waals surface area contributed by atoms with E-state index in [1.165, 1.54) is 17.7 Å². The second-order valence-corrected chi connectivity index (χ2v) is 5.39. The Morgan fingerprint density at radius 1 is 1.37 bits per heavy atom. The summed E-state index contributed by atoms with van der Waals surface area (Å²) in [5.74, 6) is 0. The van der Waals surface area contributed by atoms with Gasteiger partial charge in [-0.05, 0) is 31.4 Å². The van der Waals surface area contributed by atoms with Crippen molar-refractivity contribution in [2.75, 3.05) is 31.7 Å². The number of methoxy groups -OCH3 is 1. The molecule has 1 fully saturated rings. The van der Waals surface area contributed by atoms with Crippen molar-refractivity contribution in [3.05, 3.63) is 29.8 Å². The molecular formula is C16H26N2O. The van der Waals surface area contributed by atoms with E-state index in [-0.39, 0.29) is 0 Å². The van der Waals surface area contributed by atoms with Gasteiger partial charge in [0, 0.05) is 38.0 Å². The van der Waals surface area contributed by atoms with Gasteiger partial charge in [0.15, 0.2) is 0 Å². The highest BCUT2D eigenvalue weighted by Gasteiger charge is 2.25. The quantitative estimate of drug-likeness (QED) is 0.882. The van der Waals surface area contributed by atoms with Crippen LogP contribution in [-0.2, 0) is 11.2 Å². The Hall–Kier alpha value is -1.06. The summed E-state index contributed by atoms with van der Waals surface area (Å²) in [4.78, 5) is 2.55. The summed E-state index contributed by atoms with van der Waals surface area (Å²) in [7, 11) is 1.77. The second kappa shape index (κ2) is 6.92. The largest absolute Gasteiger partial charge is 0.384 e. The number of hydrogen-bond donors (Lipinski definition) is 1. The zero-order chi connectivity index (χ0) is 13.7. The Labute approximate surface area is 116 Å². The molecule has 3 heteroatoms. The normalized spacial score (nSPS) is 23.6. The minimum absolute atomic E-state index is 0.548. The first-order chi connectivity index (χ1) is 9.26. The zero-order valence-electron chi connectivity index (χ0n) is 12.4. The Morgan fingerprint density at radius 3 is 2.89 bits per heavy atom. The third-order valence-corrected chi connectivity index (χ3v) is 4.02. The number of rotatable bonds is 5. The molecular weight excluding hydrogens is 236 g/mol. The number of ether oxygens (including phenoxy) is 1. The first-order valence-electron chi connectivity index (χ1n) is 7.33. The van der Waals surface area contributed by atoms with Gasteiger partial charge in [-0.1, -0.05) is 25.1 Å². The average Bonchev–Trinajstić information content (AvgIpc) is 2.46. The van der Waals surface area contributed by atoms with Gasteiger partial charge in [0.1, 0.15) is 0 Å². The lowest BCUT2D eigenvalue weighted by Crippen LogP contribution is -2.55. The molecule has 2 unspecified atom stereocenters. The van der Waals surface area contributed by atoms with Crippen molar-refractivity contribution < 1.29 is 4.74 Å². The molecule has 106 valence electrons. The molecule has 0 spiro atoms. The fraction of sp³-hybridized carbons (Fsp3) is 0.625. The van der Waals surface area contributed by atoms with E-state index in [0.29, 0.717) is 12.1 Å². The molecule has 1 saturated heterocycles. The van der Waals surface area contributed by atoms with E-state index in [1.54, 1.807) is 7.11 Å². The van der Waals surface area contributed by atoms with Crippen LogP contribution in [0, 0.1) is 0 Å². The van der Waals surface area contributed by atoms with Crippen LogP contribution in [0.2, 0.25) is 0 Å². The first kappa shape index (κ1) is 14.4. The molecule has 0 amide bonds. The minimum atomic E-state index is 0.548. The molecule has 2 rings (SSSR count). The van der Waals surface area contributed by atoms with E-state index >= 15 is 0 Å². The molecule has 1 aliphatic rings. The van der Waals surface area contributed by atoms with Crippen LogP contribution in [0.3, 0.4) is 0 Å². The summed E-state index contributed by atoms with van der Waals surface area (Å²) in [5.41, 5.74) is 2.78. The summed E-state index contributed by atoms with van der Waals surface area (Å²) in [6.07, 6.45) is 2.17. The van der Waals surface area contributed by atoms with Crippen LogP contribution >= 0.6 is 0 Å². The van der Waals surface area contributed by atoms with Crippen molar-refractivity contribution in [2.24, 2.45) is 0 Å². The van der Waals surface area contributed by atoms with Crippen LogP contribution in [0.15, 0.2) is 24.3 Å². The second-order valence-electron chi connectivity index (χ2n) is 5.39. The van der Waals surface area contributed by atoms with E-state index in [9.17, 15) is 0 Å². The predicted molar refractivity (Wildman–Crippen MR) is 80.9 cm³/mol. The lowest BCUT2D eigenvalue weighted by atomic mass is 10.0. The summed E-state index contributed by atoms with van der Waals surface area (Å²) in [5, 5.41) is 3.61. The summed E-state index contributed by atoms with van der Waals surface area (Å²) in [6.45, 7) is 7.50. The number of benzene rings is 1. The van der Waals surface area contributed by atoms with Gasteiger partial charge in [-0.25, -0.2) is 0 Å². The van der Waals surface area contributed by atoms with Crippen molar-refractivity contribution in [3.63, 3.8) is 0 Å². The minimum Gasteiger partial charge on any atom is -0.384 e. The molecule has 1 aromatic rings. The number of para-hydroxylation sites is 1. The van der Waals surface area contributed by atoms with Crippen LogP contribution in [-0.4, -0.2) is 38.9 Å². The molecule has 0 radical (unpaired) electrons. The third-order valence-electron chi connectivity index (χ3n) is 4.02. The highest BCUT2D eigenvalue weighted by atomic mass is 16.5. The monoisotopic (exact) mass is 262 g/mol. The maximum absolute atomic E-state index is 5.23. The number of anilines is 1. The van der Waals surface area contributed by atoms with Crippen LogP contribution in [0.25, 0.3) is 0 Å². The van der Waals surface area contributed by atoms with E-state index in [1.807, 2.05) is 0 Å². The standard InChI is InChI=1S/C16H26N2O/c1-4-15-12-18(13(2)11-17-15)16-8-6-5-7-14(16)9-10-19-3/h5-8,13,15,17H,4,9-12H2,1-3H3. The van der Waals surface area contributed by atoms with Crippen LogP contribution < -0.4 is 10.2 Å². The number of hydrogen-bond acceptors (Lipinski definition) is 3. The molecule has 1 aromatic carbocycles. The van der Waals surface area contributed by atoms with Crippen molar-refractivity contribution in [3.8, 4) is 0 Å². The maximum atomic E-state index is 5.23. The predicted octanol–water partition coefficient (Wildman–Crippen LogP) is 2.45. The van der Waals surface area contributed by atoms with Crippen LogP contribution in [0.1, 0.15) is 25.8 Å². The zero-order valence-corrected chi connectivity index (χ0v) is 12.4. The van der Waals surface area contributed by atoms with Crippen molar-refractivity contribution in [2.45, 2.75) is 38.8 Å². The molecule has 0 aromatic heterocycles. The van der Waals surface area contributed by atoms with E-state index < -0.39 is 0 Å². The van der Waals surface area contributed by atoms with Gasteiger partial charge in [0.2, 0.25) is 0 Å². The molecule has 0 saturated carbocycles. The van der Waals surface area contributed by atoms with Crippen molar-refractivity contribution in [1.29, 1.82) is 0 Å². The third kappa shape index (κ3) is 3.48. The molecule has 3 nitrogen and oxygen atoms in total. The fourth-order valence-corrected chi connectivity index (χ4v) is 2.75. The molecule has 1 heterocycles. The molecule has 1 N–H and O–H groups in total. The van der Waals surface area contributed by atoms with Crippen molar-refractivity contribution in [1.82, 2.24) is 5.32 Å². The Morgan fingerprint density at radius 2 is 2.16 bits per heavy atom. The summed E-state index contributed by atoms with van der Waals surface area (Å²) in [6, 6.07) is 9.89. The highest BCUT2D eigenvalue weighted by Crippen LogP contribution is 2.25. The highest BCUT2D eigenvalue weighted by molar-refractivity contribution is 5.55. The van der Waals surface area contributed by atoms with E-state index in [2.05, 4.69) is 48.3 Å². The van der Waals surface area contributed by atoms with Gasteiger partial charge >= 0.3 is 0 Å². The molecule has 0 aliphatic carbocycles. The van der Waals surface area contributed by atoms with E-state index in [0.717, 1.165) is 26.1 Å². The van der Waals surface area contributed by atoms with Gasteiger partial charge in [0.05, 0.1) is 6.61 Å². The first-order valence-corrected chi connectivity index (χ1v) is 7.33. The lowest BCUT2D eigenvalue weighted by molar-refractivity contribution is 0.202. The van der Waals surface area contributed by atoms with Crippen LogP contribution in [0.5, 0.6) is 0 Å². The molecule has 2 atom stereocenters. The lowest BCUT2D eigenvalue weighted by Gasteiger charge is -2.41.